The highest BCUT2D eigenvalue weighted by atomic mass is 35.5. The van der Waals surface area contributed by atoms with Crippen LogP contribution in [-0.4, -0.2) is 16.1 Å². The summed E-state index contributed by atoms with van der Waals surface area (Å²) >= 11 is 9.16. The summed E-state index contributed by atoms with van der Waals surface area (Å²) in [4.78, 5) is 1.00. The molecule has 1 nitrogen and oxygen atoms in total. The van der Waals surface area contributed by atoms with Gasteiger partial charge in [0.2, 0.25) is 0 Å². The highest BCUT2D eigenvalue weighted by molar-refractivity contribution is 8.00. The first-order chi connectivity index (χ1) is 6.27. The Hall–Kier alpha value is 0.300. The quantitative estimate of drug-likeness (QED) is 0.847. The second-order valence-corrected chi connectivity index (χ2v) is 6.23. The van der Waals surface area contributed by atoms with E-state index in [0.29, 0.717) is 5.25 Å². The van der Waals surface area contributed by atoms with E-state index in [-0.39, 0.29) is 6.10 Å². The zero-order chi connectivity index (χ0) is 9.26. The summed E-state index contributed by atoms with van der Waals surface area (Å²) in [6.07, 6.45) is 2.04. The van der Waals surface area contributed by atoms with Gasteiger partial charge in [-0.05, 0) is 30.7 Å². The number of thioether (sulfide) groups is 1. The van der Waals surface area contributed by atoms with Crippen molar-refractivity contribution in [1.82, 2.24) is 0 Å². The van der Waals surface area contributed by atoms with Crippen molar-refractivity contribution in [2.75, 3.05) is 5.75 Å². The summed E-state index contributed by atoms with van der Waals surface area (Å²) in [6, 6.07) is 3.78. The topological polar surface area (TPSA) is 20.2 Å². The van der Waals surface area contributed by atoms with E-state index in [1.807, 2.05) is 23.9 Å². The summed E-state index contributed by atoms with van der Waals surface area (Å²) < 4.78 is 0.761. The molecule has 0 bridgehead atoms. The Morgan fingerprint density at radius 3 is 2.92 bits per heavy atom. The highest BCUT2D eigenvalue weighted by Gasteiger charge is 2.25. The van der Waals surface area contributed by atoms with Gasteiger partial charge >= 0.3 is 0 Å². The second kappa shape index (κ2) is 4.22. The summed E-state index contributed by atoms with van der Waals surface area (Å²) in [7, 11) is 0. The van der Waals surface area contributed by atoms with Crippen LogP contribution in [0.3, 0.4) is 0 Å². The third-order valence-corrected chi connectivity index (χ3v) is 4.95. The van der Waals surface area contributed by atoms with Gasteiger partial charge in [-0.1, -0.05) is 11.6 Å². The Labute approximate surface area is 91.1 Å². The SMILES string of the molecule is OC(c1ccc(Cl)s1)C1CCCS1. The summed E-state index contributed by atoms with van der Waals surface area (Å²) in [5, 5.41) is 10.3. The molecule has 1 N–H and O–H groups in total. The molecule has 1 aromatic rings. The van der Waals surface area contributed by atoms with Crippen molar-refractivity contribution < 1.29 is 5.11 Å². The number of hydrogen-bond acceptors (Lipinski definition) is 3. The van der Waals surface area contributed by atoms with Gasteiger partial charge in [0.15, 0.2) is 0 Å². The third-order valence-electron chi connectivity index (χ3n) is 2.20. The number of thiophene rings is 1. The van der Waals surface area contributed by atoms with E-state index in [1.54, 1.807) is 0 Å². The summed E-state index contributed by atoms with van der Waals surface area (Å²) in [5.41, 5.74) is 0. The van der Waals surface area contributed by atoms with Gasteiger partial charge in [0.25, 0.3) is 0 Å². The van der Waals surface area contributed by atoms with E-state index < -0.39 is 0 Å². The molecule has 1 aliphatic heterocycles. The van der Waals surface area contributed by atoms with E-state index in [1.165, 1.54) is 23.5 Å². The molecule has 2 unspecified atom stereocenters. The van der Waals surface area contributed by atoms with Crippen molar-refractivity contribution in [1.29, 1.82) is 0 Å². The van der Waals surface area contributed by atoms with Crippen molar-refractivity contribution >= 4 is 34.7 Å². The molecule has 1 aliphatic rings. The minimum absolute atomic E-state index is 0.315. The van der Waals surface area contributed by atoms with Gasteiger partial charge in [-0.15, -0.1) is 11.3 Å². The Bertz CT molecular complexity index is 281. The fourth-order valence-corrected chi connectivity index (χ4v) is 4.02. The highest BCUT2D eigenvalue weighted by Crippen LogP contribution is 2.38. The third kappa shape index (κ3) is 2.21. The molecule has 0 saturated carbocycles. The molecule has 4 heteroatoms. The molecular formula is C9H11ClOS2. The first-order valence-corrected chi connectivity index (χ1v) is 6.56. The van der Waals surface area contributed by atoms with Crippen molar-refractivity contribution in [3.8, 4) is 0 Å². The predicted molar refractivity (Wildman–Crippen MR) is 59.8 cm³/mol. The van der Waals surface area contributed by atoms with Gasteiger partial charge in [-0.25, -0.2) is 0 Å². The lowest BCUT2D eigenvalue weighted by Crippen LogP contribution is -2.09. The maximum Gasteiger partial charge on any atom is 0.100 e. The molecule has 13 heavy (non-hydrogen) atoms. The molecule has 1 saturated heterocycles. The first-order valence-electron chi connectivity index (χ1n) is 4.32. The van der Waals surface area contributed by atoms with Crippen LogP contribution in [-0.2, 0) is 0 Å². The molecule has 0 aliphatic carbocycles. The number of hydrogen-bond donors (Lipinski definition) is 1. The number of halogens is 1. The van der Waals surface area contributed by atoms with Crippen molar-refractivity contribution in [2.45, 2.75) is 24.2 Å². The smallest absolute Gasteiger partial charge is 0.100 e. The maximum atomic E-state index is 9.96. The van der Waals surface area contributed by atoms with Crippen LogP contribution in [0.25, 0.3) is 0 Å². The molecule has 1 aromatic heterocycles. The van der Waals surface area contributed by atoms with Crippen LogP contribution in [0.2, 0.25) is 4.34 Å². The minimum Gasteiger partial charge on any atom is -0.386 e. The van der Waals surface area contributed by atoms with E-state index in [4.69, 9.17) is 11.6 Å². The number of aliphatic hydroxyl groups is 1. The summed E-state index contributed by atoms with van der Waals surface area (Å²) in [5.74, 6) is 1.18. The predicted octanol–water partition coefficient (Wildman–Crippen LogP) is 3.33. The standard InChI is InChI=1S/C9H11ClOS2/c10-8-4-3-7(13-8)9(11)6-2-1-5-12-6/h3-4,6,9,11H,1-2,5H2. The van der Waals surface area contributed by atoms with E-state index >= 15 is 0 Å². The van der Waals surface area contributed by atoms with Crippen LogP contribution < -0.4 is 0 Å². The Morgan fingerprint density at radius 2 is 2.38 bits per heavy atom. The second-order valence-electron chi connectivity index (χ2n) is 3.14. The van der Waals surface area contributed by atoms with Gasteiger partial charge in [0.05, 0.1) is 4.34 Å². The lowest BCUT2D eigenvalue weighted by atomic mass is 10.1. The maximum absolute atomic E-state index is 9.96. The molecule has 2 atom stereocenters. The summed E-state index contributed by atoms with van der Waals surface area (Å²) in [6.45, 7) is 0. The zero-order valence-electron chi connectivity index (χ0n) is 7.07. The average Bonchev–Trinajstić information content (AvgIpc) is 2.72. The van der Waals surface area contributed by atoms with Crippen molar-refractivity contribution in [3.63, 3.8) is 0 Å². The van der Waals surface area contributed by atoms with Crippen molar-refractivity contribution in [2.24, 2.45) is 0 Å². The molecule has 2 heterocycles. The van der Waals surface area contributed by atoms with Crippen LogP contribution in [0, 0.1) is 0 Å². The van der Waals surface area contributed by atoms with E-state index in [2.05, 4.69) is 0 Å². The molecule has 2 rings (SSSR count). The molecule has 0 amide bonds. The van der Waals surface area contributed by atoms with E-state index in [0.717, 1.165) is 15.6 Å². The molecular weight excluding hydrogens is 224 g/mol. The largest absolute Gasteiger partial charge is 0.386 e. The van der Waals surface area contributed by atoms with Crippen LogP contribution in [0.1, 0.15) is 23.8 Å². The van der Waals surface area contributed by atoms with E-state index in [9.17, 15) is 5.11 Å². The Balaban J connectivity index is 2.07. The zero-order valence-corrected chi connectivity index (χ0v) is 9.46. The fraction of sp³-hybridized carbons (Fsp3) is 0.556. The number of rotatable bonds is 2. The fourth-order valence-electron chi connectivity index (χ4n) is 1.52. The van der Waals surface area contributed by atoms with Gasteiger partial charge in [-0.3, -0.25) is 0 Å². The van der Waals surface area contributed by atoms with Crippen molar-refractivity contribution in [3.05, 3.63) is 21.3 Å². The first kappa shape index (κ1) is 9.84. The van der Waals surface area contributed by atoms with Crippen LogP contribution in [0.4, 0.5) is 0 Å². The normalized spacial score (nSPS) is 24.9. The monoisotopic (exact) mass is 234 g/mol. The van der Waals surface area contributed by atoms with Crippen LogP contribution >= 0.6 is 34.7 Å². The van der Waals surface area contributed by atoms with Gasteiger partial charge in [0.1, 0.15) is 6.10 Å². The average molecular weight is 235 g/mol. The molecule has 0 radical (unpaired) electrons. The van der Waals surface area contributed by atoms with Gasteiger partial charge in [-0.2, -0.15) is 11.8 Å². The van der Waals surface area contributed by atoms with Gasteiger partial charge < -0.3 is 5.11 Å². The molecule has 1 fully saturated rings. The van der Waals surface area contributed by atoms with Gasteiger partial charge in [0, 0.05) is 10.1 Å². The van der Waals surface area contributed by atoms with Crippen LogP contribution in [0.15, 0.2) is 12.1 Å². The molecule has 0 aromatic carbocycles. The molecule has 72 valence electrons. The lowest BCUT2D eigenvalue weighted by Gasteiger charge is -2.14. The minimum atomic E-state index is -0.315. The van der Waals surface area contributed by atoms with Crippen LogP contribution in [0.5, 0.6) is 0 Å². The molecule has 0 spiro atoms. The Morgan fingerprint density at radius 1 is 1.54 bits per heavy atom. The number of aliphatic hydroxyl groups excluding tert-OH is 1. The lowest BCUT2D eigenvalue weighted by molar-refractivity contribution is 0.177. The Kier molecular flexibility index (Phi) is 3.19.